The van der Waals surface area contributed by atoms with E-state index in [-0.39, 0.29) is 42.1 Å². The van der Waals surface area contributed by atoms with Gasteiger partial charge in [-0.1, -0.05) is 34.1 Å². The Hall–Kier alpha value is -2.45. The van der Waals surface area contributed by atoms with Crippen LogP contribution in [0.25, 0.3) is 0 Å². The third-order valence-electron chi connectivity index (χ3n) is 8.13. The van der Waals surface area contributed by atoms with Crippen molar-refractivity contribution in [2.75, 3.05) is 51.3 Å². The maximum atomic E-state index is 13.7. The van der Waals surface area contributed by atoms with Gasteiger partial charge in [0.15, 0.2) is 5.78 Å². The minimum absolute atomic E-state index is 0.0415. The quantitative estimate of drug-likeness (QED) is 0.638. The van der Waals surface area contributed by atoms with E-state index in [9.17, 15) is 14.4 Å². The summed E-state index contributed by atoms with van der Waals surface area (Å²) < 4.78 is 5.79. The standard InChI is InChI=1S/C27H40N4O4/c1-6-18(4)23(27(34)31-15-21(17(2)3)25-24(31)22(32)16-35-25)28-26(33)19-7-9-20(10-8-19)30-13-11-29(5)12-14-30/h7-10,17-18,21,23-25H,6,11-16H2,1-5H3,(H,28,33)/t18-,21+,23-,24+,25+/m0/s1. The Morgan fingerprint density at radius 1 is 1.09 bits per heavy atom. The molecule has 3 aliphatic rings. The Morgan fingerprint density at radius 2 is 1.74 bits per heavy atom. The number of anilines is 1. The first-order chi connectivity index (χ1) is 16.7. The van der Waals surface area contributed by atoms with Crippen LogP contribution >= 0.6 is 0 Å². The molecule has 0 radical (unpaired) electrons. The van der Waals surface area contributed by atoms with Crippen molar-refractivity contribution in [3.8, 4) is 0 Å². The summed E-state index contributed by atoms with van der Waals surface area (Å²) in [4.78, 5) is 45.9. The molecule has 0 saturated carbocycles. The summed E-state index contributed by atoms with van der Waals surface area (Å²) in [6, 6.07) is 6.39. The molecule has 3 saturated heterocycles. The number of carbonyl (C=O) groups is 3. The number of ketones is 1. The number of Topliss-reactive ketones (excluding diaryl/α,β-unsaturated/α-hetero) is 1. The highest BCUT2D eigenvalue weighted by molar-refractivity contribution is 5.99. The van der Waals surface area contributed by atoms with E-state index in [0.29, 0.717) is 18.0 Å². The van der Waals surface area contributed by atoms with E-state index in [2.05, 4.69) is 36.0 Å². The Morgan fingerprint density at radius 3 is 2.34 bits per heavy atom. The second-order valence-corrected chi connectivity index (χ2v) is 10.8. The van der Waals surface area contributed by atoms with Gasteiger partial charge in [0, 0.05) is 49.9 Å². The first-order valence-corrected chi connectivity index (χ1v) is 13.0. The van der Waals surface area contributed by atoms with E-state index in [0.717, 1.165) is 38.3 Å². The second-order valence-electron chi connectivity index (χ2n) is 10.8. The van der Waals surface area contributed by atoms with Crippen molar-refractivity contribution in [1.82, 2.24) is 15.1 Å². The van der Waals surface area contributed by atoms with E-state index in [1.165, 1.54) is 0 Å². The molecule has 3 fully saturated rings. The highest BCUT2D eigenvalue weighted by Crippen LogP contribution is 2.36. The largest absolute Gasteiger partial charge is 0.369 e. The predicted molar refractivity (Wildman–Crippen MR) is 135 cm³/mol. The summed E-state index contributed by atoms with van der Waals surface area (Å²) in [6.07, 6.45) is 0.487. The minimum Gasteiger partial charge on any atom is -0.369 e. The lowest BCUT2D eigenvalue weighted by Gasteiger charge is -2.34. The molecule has 3 aliphatic heterocycles. The second kappa shape index (κ2) is 10.7. The van der Waals surface area contributed by atoms with Crippen LogP contribution in [0.5, 0.6) is 0 Å². The molecule has 8 heteroatoms. The lowest BCUT2D eigenvalue weighted by atomic mass is 9.91. The van der Waals surface area contributed by atoms with Crippen LogP contribution in [-0.4, -0.2) is 92.0 Å². The van der Waals surface area contributed by atoms with Gasteiger partial charge in [-0.05, 0) is 43.1 Å². The SMILES string of the molecule is CC[C@H](C)[C@H](NC(=O)c1ccc(N2CCN(C)CC2)cc1)C(=O)N1C[C@H](C(C)C)[C@H]2OCC(=O)[C@H]21. The molecule has 4 rings (SSSR count). The maximum Gasteiger partial charge on any atom is 0.251 e. The van der Waals surface area contributed by atoms with Gasteiger partial charge in [0.25, 0.3) is 5.91 Å². The highest BCUT2D eigenvalue weighted by Gasteiger charge is 2.54. The number of likely N-dealkylation sites (N-methyl/N-ethyl adjacent to an activating group) is 1. The first-order valence-electron chi connectivity index (χ1n) is 13.0. The van der Waals surface area contributed by atoms with E-state index in [1.807, 2.05) is 38.1 Å². The van der Waals surface area contributed by atoms with Crippen molar-refractivity contribution in [2.45, 2.75) is 52.3 Å². The minimum atomic E-state index is -0.690. The predicted octanol–water partition coefficient (Wildman–Crippen LogP) is 2.03. The van der Waals surface area contributed by atoms with Crippen LogP contribution in [0.1, 0.15) is 44.5 Å². The average molecular weight is 485 g/mol. The summed E-state index contributed by atoms with van der Waals surface area (Å²) >= 11 is 0. The molecule has 0 spiro atoms. The molecule has 1 N–H and O–H groups in total. The van der Waals surface area contributed by atoms with E-state index in [1.54, 1.807) is 4.90 Å². The number of carbonyl (C=O) groups excluding carboxylic acids is 3. The fraction of sp³-hybridized carbons (Fsp3) is 0.667. The number of benzene rings is 1. The van der Waals surface area contributed by atoms with Gasteiger partial charge in [0.05, 0.1) is 6.10 Å². The van der Waals surface area contributed by atoms with Gasteiger partial charge < -0.3 is 24.8 Å². The lowest BCUT2D eigenvalue weighted by molar-refractivity contribution is -0.139. The zero-order valence-electron chi connectivity index (χ0n) is 21.7. The molecular weight excluding hydrogens is 444 g/mol. The van der Waals surface area contributed by atoms with Gasteiger partial charge in [-0.3, -0.25) is 14.4 Å². The van der Waals surface area contributed by atoms with Crippen LogP contribution in [0.15, 0.2) is 24.3 Å². The molecule has 3 heterocycles. The van der Waals surface area contributed by atoms with Crippen LogP contribution < -0.4 is 10.2 Å². The van der Waals surface area contributed by atoms with Crippen LogP contribution in [0, 0.1) is 17.8 Å². The monoisotopic (exact) mass is 484 g/mol. The summed E-state index contributed by atoms with van der Waals surface area (Å²) in [5, 5.41) is 3.00. The molecule has 5 atom stereocenters. The smallest absolute Gasteiger partial charge is 0.251 e. The molecule has 1 aromatic rings. The Bertz CT molecular complexity index is 926. The summed E-state index contributed by atoms with van der Waals surface area (Å²) in [5.41, 5.74) is 1.63. The van der Waals surface area contributed by atoms with Gasteiger partial charge in [-0.25, -0.2) is 0 Å². The fourth-order valence-corrected chi connectivity index (χ4v) is 5.48. The first kappa shape index (κ1) is 25.6. The number of ether oxygens (including phenoxy) is 1. The molecule has 1 aromatic carbocycles. The fourth-order valence-electron chi connectivity index (χ4n) is 5.48. The van der Waals surface area contributed by atoms with E-state index in [4.69, 9.17) is 4.74 Å². The number of amides is 2. The number of rotatable bonds is 7. The summed E-state index contributed by atoms with van der Waals surface area (Å²) in [5.74, 6) is -0.143. The molecule has 2 amide bonds. The van der Waals surface area contributed by atoms with Crippen LogP contribution in [0.2, 0.25) is 0 Å². The van der Waals surface area contributed by atoms with Crippen molar-refractivity contribution >= 4 is 23.3 Å². The van der Waals surface area contributed by atoms with Crippen molar-refractivity contribution in [3.63, 3.8) is 0 Å². The van der Waals surface area contributed by atoms with Crippen LogP contribution in [0.3, 0.4) is 0 Å². The zero-order valence-corrected chi connectivity index (χ0v) is 21.7. The van der Waals surface area contributed by atoms with Gasteiger partial charge in [0.1, 0.15) is 18.7 Å². The number of hydrogen-bond donors (Lipinski definition) is 1. The van der Waals surface area contributed by atoms with E-state index < -0.39 is 12.1 Å². The topological polar surface area (TPSA) is 82.2 Å². The van der Waals surface area contributed by atoms with Gasteiger partial charge in [-0.15, -0.1) is 0 Å². The van der Waals surface area contributed by atoms with Crippen LogP contribution in [0.4, 0.5) is 5.69 Å². The number of fused-ring (bicyclic) bond motifs is 1. The Balaban J connectivity index is 1.47. The number of nitrogens with one attached hydrogen (secondary N) is 1. The molecular formula is C27H40N4O4. The van der Waals surface area contributed by atoms with Crippen molar-refractivity contribution < 1.29 is 19.1 Å². The van der Waals surface area contributed by atoms with Gasteiger partial charge >= 0.3 is 0 Å². The number of hydrogen-bond acceptors (Lipinski definition) is 6. The molecule has 0 bridgehead atoms. The third kappa shape index (κ3) is 5.23. The Labute approximate surface area is 209 Å². The molecule has 35 heavy (non-hydrogen) atoms. The number of piperazine rings is 1. The van der Waals surface area contributed by atoms with Crippen molar-refractivity contribution in [1.29, 1.82) is 0 Å². The number of likely N-dealkylation sites (tertiary alicyclic amines) is 1. The molecule has 0 aliphatic carbocycles. The average Bonchev–Trinajstić information content (AvgIpc) is 3.43. The Kier molecular flexibility index (Phi) is 7.81. The zero-order chi connectivity index (χ0) is 25.3. The summed E-state index contributed by atoms with van der Waals surface area (Å²) in [7, 11) is 2.13. The molecule has 0 unspecified atom stereocenters. The third-order valence-corrected chi connectivity index (χ3v) is 8.13. The number of nitrogens with zero attached hydrogens (tertiary/aromatic N) is 3. The van der Waals surface area contributed by atoms with Gasteiger partial charge in [0.2, 0.25) is 5.91 Å². The van der Waals surface area contributed by atoms with E-state index >= 15 is 0 Å². The maximum absolute atomic E-state index is 13.7. The summed E-state index contributed by atoms with van der Waals surface area (Å²) in [6.45, 7) is 12.7. The molecule has 0 aromatic heterocycles. The van der Waals surface area contributed by atoms with Gasteiger partial charge in [-0.2, -0.15) is 0 Å². The lowest BCUT2D eigenvalue weighted by Crippen LogP contribution is -2.54. The molecule has 8 nitrogen and oxygen atoms in total. The van der Waals surface area contributed by atoms with Crippen molar-refractivity contribution in [3.05, 3.63) is 29.8 Å². The van der Waals surface area contributed by atoms with Crippen LogP contribution in [-0.2, 0) is 14.3 Å². The van der Waals surface area contributed by atoms with Crippen molar-refractivity contribution in [2.24, 2.45) is 17.8 Å². The normalized spacial score (nSPS) is 26.7. The molecule has 192 valence electrons. The highest BCUT2D eigenvalue weighted by atomic mass is 16.5.